The first-order valence-electron chi connectivity index (χ1n) is 7.66. The topological polar surface area (TPSA) is 92.8 Å². The van der Waals surface area contributed by atoms with Crippen molar-refractivity contribution in [2.75, 3.05) is 26.2 Å². The molecule has 130 valence electrons. The van der Waals surface area contributed by atoms with Crippen molar-refractivity contribution in [3.63, 3.8) is 0 Å². The highest BCUT2D eigenvalue weighted by atomic mass is 32.2. The molecule has 1 fully saturated rings. The summed E-state index contributed by atoms with van der Waals surface area (Å²) in [5.74, 6) is -0.590. The molecular formula is C15H19N3O5S. The molecule has 1 aliphatic heterocycles. The van der Waals surface area contributed by atoms with E-state index in [9.17, 15) is 18.0 Å². The molecule has 0 spiro atoms. The highest BCUT2D eigenvalue weighted by Gasteiger charge is 2.28. The van der Waals surface area contributed by atoms with E-state index in [1.807, 2.05) is 0 Å². The number of hydrogen-bond donors (Lipinski definition) is 0. The van der Waals surface area contributed by atoms with Crippen LogP contribution >= 0.6 is 0 Å². The molecule has 0 bridgehead atoms. The van der Waals surface area contributed by atoms with Crippen molar-refractivity contribution in [1.82, 2.24) is 13.8 Å². The number of aryl methyl sites for hydroxylation is 1. The van der Waals surface area contributed by atoms with E-state index in [0.29, 0.717) is 31.6 Å². The van der Waals surface area contributed by atoms with Crippen LogP contribution in [0, 0.1) is 0 Å². The smallest absolute Gasteiger partial charge is 0.408 e. The molecule has 2 aromatic rings. The van der Waals surface area contributed by atoms with Gasteiger partial charge in [0.05, 0.1) is 10.4 Å². The Hall–Kier alpha value is -2.13. The van der Waals surface area contributed by atoms with Crippen LogP contribution < -0.4 is 5.76 Å². The maximum Gasteiger partial charge on any atom is 0.419 e. The minimum Gasteiger partial charge on any atom is -0.408 e. The van der Waals surface area contributed by atoms with Crippen molar-refractivity contribution in [1.29, 1.82) is 0 Å². The standard InChI is InChI=1S/C15H19N3O5S/c1-11(19)17-6-3-7-18(9-8-17)24(21,22)12-4-5-13-14(10-12)23-15(20)16(13)2/h4-5,10H,3,6-9H2,1-2H3. The number of carbonyl (C=O) groups is 1. The Morgan fingerprint density at radius 3 is 2.62 bits per heavy atom. The lowest BCUT2D eigenvalue weighted by atomic mass is 10.3. The molecule has 1 aliphatic rings. The number of aromatic nitrogens is 1. The van der Waals surface area contributed by atoms with Crippen LogP contribution in [-0.2, 0) is 21.9 Å². The third-order valence-corrected chi connectivity index (χ3v) is 6.20. The average molecular weight is 353 g/mol. The average Bonchev–Trinajstić information content (AvgIpc) is 2.72. The van der Waals surface area contributed by atoms with Crippen LogP contribution in [0.15, 0.2) is 32.3 Å². The highest BCUT2D eigenvalue weighted by molar-refractivity contribution is 7.89. The maximum absolute atomic E-state index is 12.8. The van der Waals surface area contributed by atoms with Gasteiger partial charge in [-0.15, -0.1) is 0 Å². The summed E-state index contributed by atoms with van der Waals surface area (Å²) in [6, 6.07) is 4.41. The van der Waals surface area contributed by atoms with Crippen LogP contribution in [0.3, 0.4) is 0 Å². The minimum absolute atomic E-state index is 0.0540. The molecule has 1 aromatic carbocycles. The zero-order valence-electron chi connectivity index (χ0n) is 13.6. The van der Waals surface area contributed by atoms with E-state index in [4.69, 9.17) is 4.42 Å². The van der Waals surface area contributed by atoms with Crippen LogP contribution in [0.25, 0.3) is 11.1 Å². The molecule has 0 unspecified atom stereocenters. The second-order valence-electron chi connectivity index (χ2n) is 5.82. The van der Waals surface area contributed by atoms with Crippen molar-refractivity contribution >= 4 is 27.0 Å². The number of oxazole rings is 1. The maximum atomic E-state index is 12.8. The summed E-state index contributed by atoms with van der Waals surface area (Å²) in [5, 5.41) is 0. The van der Waals surface area contributed by atoms with Crippen LogP contribution in [-0.4, -0.2) is 54.3 Å². The van der Waals surface area contributed by atoms with Crippen LogP contribution in [0.4, 0.5) is 0 Å². The summed E-state index contributed by atoms with van der Waals surface area (Å²) in [7, 11) is -2.14. The van der Waals surface area contributed by atoms with Gasteiger partial charge in [-0.1, -0.05) is 0 Å². The largest absolute Gasteiger partial charge is 0.419 e. The number of fused-ring (bicyclic) bond motifs is 1. The fourth-order valence-corrected chi connectivity index (χ4v) is 4.36. The zero-order valence-corrected chi connectivity index (χ0v) is 14.4. The third kappa shape index (κ3) is 2.84. The Labute approximate surface area is 139 Å². The molecule has 0 saturated carbocycles. The predicted molar refractivity (Wildman–Crippen MR) is 87.1 cm³/mol. The number of rotatable bonds is 2. The fourth-order valence-electron chi connectivity index (χ4n) is 2.87. The molecule has 1 aromatic heterocycles. The minimum atomic E-state index is -3.71. The van der Waals surface area contributed by atoms with Gasteiger partial charge in [-0.3, -0.25) is 9.36 Å². The predicted octanol–water partition coefficient (Wildman–Crippen LogP) is 0.374. The fraction of sp³-hybridized carbons (Fsp3) is 0.467. The molecule has 0 radical (unpaired) electrons. The molecule has 24 heavy (non-hydrogen) atoms. The third-order valence-electron chi connectivity index (χ3n) is 4.30. The lowest BCUT2D eigenvalue weighted by Crippen LogP contribution is -2.36. The number of carbonyl (C=O) groups excluding carboxylic acids is 1. The first-order valence-corrected chi connectivity index (χ1v) is 9.10. The number of benzene rings is 1. The van der Waals surface area contributed by atoms with Crippen LogP contribution in [0.5, 0.6) is 0 Å². The molecule has 3 rings (SSSR count). The number of hydrogen-bond acceptors (Lipinski definition) is 5. The first kappa shape index (κ1) is 16.7. The Kier molecular flexibility index (Phi) is 4.22. The van der Waals surface area contributed by atoms with E-state index in [2.05, 4.69) is 0 Å². The van der Waals surface area contributed by atoms with Crippen molar-refractivity contribution in [3.8, 4) is 0 Å². The van der Waals surface area contributed by atoms with Crippen molar-refractivity contribution < 1.29 is 17.6 Å². The van der Waals surface area contributed by atoms with Gasteiger partial charge in [-0.2, -0.15) is 4.31 Å². The molecule has 1 saturated heterocycles. The normalized spacial score (nSPS) is 17.2. The number of amides is 1. The molecule has 9 heteroatoms. The number of nitrogens with zero attached hydrogens (tertiary/aromatic N) is 3. The Bertz CT molecular complexity index is 944. The molecule has 0 N–H and O–H groups in total. The summed E-state index contributed by atoms with van der Waals surface area (Å²) in [6.07, 6.45) is 0.585. The van der Waals surface area contributed by atoms with Crippen LogP contribution in [0.2, 0.25) is 0 Å². The van der Waals surface area contributed by atoms with Gasteiger partial charge >= 0.3 is 5.76 Å². The molecule has 0 atom stereocenters. The van der Waals surface area contributed by atoms with Crippen molar-refractivity contribution in [2.24, 2.45) is 7.05 Å². The second-order valence-corrected chi connectivity index (χ2v) is 7.76. The van der Waals surface area contributed by atoms with Gasteiger partial charge in [0.1, 0.15) is 0 Å². The van der Waals surface area contributed by atoms with Gasteiger partial charge in [0.15, 0.2) is 5.58 Å². The van der Waals surface area contributed by atoms with Crippen molar-refractivity contribution in [3.05, 3.63) is 28.7 Å². The van der Waals surface area contributed by atoms with Gasteiger partial charge in [0.25, 0.3) is 0 Å². The summed E-state index contributed by atoms with van der Waals surface area (Å²) in [6.45, 7) is 3.00. The van der Waals surface area contributed by atoms with E-state index in [-0.39, 0.29) is 22.9 Å². The van der Waals surface area contributed by atoms with E-state index >= 15 is 0 Å². The molecule has 0 aliphatic carbocycles. The van der Waals surface area contributed by atoms with Gasteiger partial charge in [0.2, 0.25) is 15.9 Å². The van der Waals surface area contributed by atoms with E-state index in [1.165, 1.54) is 27.9 Å². The summed E-state index contributed by atoms with van der Waals surface area (Å²) in [5.41, 5.74) is 0.779. The van der Waals surface area contributed by atoms with Gasteiger partial charge < -0.3 is 9.32 Å². The van der Waals surface area contributed by atoms with E-state index < -0.39 is 15.8 Å². The van der Waals surface area contributed by atoms with Gasteiger partial charge in [0, 0.05) is 46.2 Å². The molecular weight excluding hydrogens is 334 g/mol. The quantitative estimate of drug-likeness (QED) is 0.778. The summed E-state index contributed by atoms with van der Waals surface area (Å²) >= 11 is 0. The lowest BCUT2D eigenvalue weighted by Gasteiger charge is -2.21. The second kappa shape index (κ2) is 6.06. The molecule has 8 nitrogen and oxygen atoms in total. The molecule has 2 heterocycles. The SMILES string of the molecule is CC(=O)N1CCCN(S(=O)(=O)c2ccc3c(c2)oc(=O)n3C)CC1. The number of sulfonamides is 1. The van der Waals surface area contributed by atoms with Gasteiger partial charge in [-0.05, 0) is 18.6 Å². The Morgan fingerprint density at radius 2 is 1.92 bits per heavy atom. The summed E-state index contributed by atoms with van der Waals surface area (Å²) in [4.78, 5) is 24.7. The summed E-state index contributed by atoms with van der Waals surface area (Å²) < 4.78 is 33.5. The van der Waals surface area contributed by atoms with Crippen LogP contribution in [0.1, 0.15) is 13.3 Å². The van der Waals surface area contributed by atoms with Crippen molar-refractivity contribution in [2.45, 2.75) is 18.2 Å². The van der Waals surface area contributed by atoms with E-state index in [0.717, 1.165) is 0 Å². The van der Waals surface area contributed by atoms with E-state index in [1.54, 1.807) is 18.0 Å². The van der Waals surface area contributed by atoms with Gasteiger partial charge in [-0.25, -0.2) is 13.2 Å². The first-order chi connectivity index (χ1) is 11.3. The monoisotopic (exact) mass is 353 g/mol. The highest BCUT2D eigenvalue weighted by Crippen LogP contribution is 2.22. The lowest BCUT2D eigenvalue weighted by molar-refractivity contribution is -0.128. The Morgan fingerprint density at radius 1 is 1.17 bits per heavy atom. The molecule has 1 amide bonds. The Balaban J connectivity index is 1.92. The zero-order chi connectivity index (χ0) is 17.5.